The van der Waals surface area contributed by atoms with Gasteiger partial charge < -0.3 is 14.5 Å². The van der Waals surface area contributed by atoms with Gasteiger partial charge in [-0.3, -0.25) is 4.79 Å². The molecule has 1 aliphatic rings. The third kappa shape index (κ3) is 3.33. The fourth-order valence-electron chi connectivity index (χ4n) is 2.56. The minimum Gasteiger partial charge on any atom is -0.496 e. The Labute approximate surface area is 128 Å². The van der Waals surface area contributed by atoms with E-state index in [1.807, 2.05) is 17.0 Å². The first kappa shape index (κ1) is 15.3. The lowest BCUT2D eigenvalue weighted by Gasteiger charge is -2.35. The van der Waals surface area contributed by atoms with Gasteiger partial charge in [0.15, 0.2) is 0 Å². The average molecular weight is 341 g/mol. The number of hydrogen-bond acceptors (Lipinski definition) is 3. The summed E-state index contributed by atoms with van der Waals surface area (Å²) in [4.78, 5) is 16.7. The van der Waals surface area contributed by atoms with Crippen molar-refractivity contribution in [2.45, 2.75) is 18.9 Å². The van der Waals surface area contributed by atoms with Crippen LogP contribution in [0.2, 0.25) is 0 Å². The molecule has 0 aromatic heterocycles. The molecule has 1 aliphatic heterocycles. The monoisotopic (exact) mass is 340 g/mol. The van der Waals surface area contributed by atoms with E-state index >= 15 is 0 Å². The van der Waals surface area contributed by atoms with E-state index < -0.39 is 0 Å². The smallest absolute Gasteiger partial charge is 0.253 e. The molecule has 1 aromatic carbocycles. The Hall–Kier alpha value is -1.07. The van der Waals surface area contributed by atoms with Crippen molar-refractivity contribution in [1.29, 1.82) is 0 Å². The van der Waals surface area contributed by atoms with Crippen LogP contribution in [0.1, 0.15) is 23.2 Å². The minimum atomic E-state index is 0.0907. The number of ether oxygens (including phenoxy) is 1. The van der Waals surface area contributed by atoms with Crippen molar-refractivity contribution in [3.8, 4) is 5.75 Å². The summed E-state index contributed by atoms with van der Waals surface area (Å²) in [6.07, 6.45) is 2.07. The summed E-state index contributed by atoms with van der Waals surface area (Å²) in [5.41, 5.74) is 0.688. The van der Waals surface area contributed by atoms with Crippen molar-refractivity contribution >= 4 is 21.8 Å². The summed E-state index contributed by atoms with van der Waals surface area (Å²) in [5.74, 6) is 0.784. The second kappa shape index (κ2) is 6.59. The number of nitrogens with zero attached hydrogens (tertiary/aromatic N) is 2. The Kier molecular flexibility index (Phi) is 5.05. The van der Waals surface area contributed by atoms with Crippen molar-refractivity contribution in [1.82, 2.24) is 9.80 Å². The summed E-state index contributed by atoms with van der Waals surface area (Å²) in [6, 6.07) is 6.08. The van der Waals surface area contributed by atoms with Gasteiger partial charge in [0, 0.05) is 24.7 Å². The number of halogens is 1. The Morgan fingerprint density at radius 3 is 2.55 bits per heavy atom. The van der Waals surface area contributed by atoms with Gasteiger partial charge in [0.25, 0.3) is 5.91 Å². The Bertz CT molecular complexity index is 483. The highest BCUT2D eigenvalue weighted by atomic mass is 79.9. The van der Waals surface area contributed by atoms with Gasteiger partial charge in [-0.25, -0.2) is 0 Å². The first-order valence-corrected chi connectivity index (χ1v) is 7.61. The molecule has 1 heterocycles. The fourth-order valence-corrected chi connectivity index (χ4v) is 2.97. The lowest BCUT2D eigenvalue weighted by molar-refractivity contribution is 0.0663. The molecule has 0 bridgehead atoms. The number of likely N-dealkylation sites (tertiary alicyclic amines) is 1. The lowest BCUT2D eigenvalue weighted by Crippen LogP contribution is -2.44. The van der Waals surface area contributed by atoms with E-state index in [0.717, 1.165) is 30.4 Å². The number of hydrogen-bond donors (Lipinski definition) is 0. The van der Waals surface area contributed by atoms with Crippen molar-refractivity contribution in [3.05, 3.63) is 28.2 Å². The number of methoxy groups -OCH3 is 1. The molecule has 20 heavy (non-hydrogen) atoms. The first-order chi connectivity index (χ1) is 9.52. The lowest BCUT2D eigenvalue weighted by atomic mass is 10.0. The molecule has 0 atom stereocenters. The van der Waals surface area contributed by atoms with Crippen molar-refractivity contribution < 1.29 is 9.53 Å². The highest BCUT2D eigenvalue weighted by Crippen LogP contribution is 2.26. The highest BCUT2D eigenvalue weighted by molar-refractivity contribution is 9.10. The number of benzene rings is 1. The predicted molar refractivity (Wildman–Crippen MR) is 83.3 cm³/mol. The minimum absolute atomic E-state index is 0.0907. The second-order valence-electron chi connectivity index (χ2n) is 5.34. The average Bonchev–Trinajstić information content (AvgIpc) is 2.47. The quantitative estimate of drug-likeness (QED) is 0.847. The molecule has 1 saturated heterocycles. The van der Waals surface area contributed by atoms with Crippen LogP contribution in [0.3, 0.4) is 0 Å². The van der Waals surface area contributed by atoms with E-state index in [-0.39, 0.29) is 5.91 Å². The highest BCUT2D eigenvalue weighted by Gasteiger charge is 2.24. The van der Waals surface area contributed by atoms with Gasteiger partial charge in [-0.1, -0.05) is 0 Å². The van der Waals surface area contributed by atoms with Crippen molar-refractivity contribution in [2.24, 2.45) is 0 Å². The van der Waals surface area contributed by atoms with Crippen LogP contribution in [0.25, 0.3) is 0 Å². The zero-order valence-electron chi connectivity index (χ0n) is 12.2. The van der Waals surface area contributed by atoms with Gasteiger partial charge in [-0.15, -0.1) is 0 Å². The van der Waals surface area contributed by atoms with Gasteiger partial charge >= 0.3 is 0 Å². The maximum atomic E-state index is 12.5. The molecule has 1 aromatic rings. The molecule has 0 N–H and O–H groups in total. The molecule has 0 saturated carbocycles. The van der Waals surface area contributed by atoms with Crippen LogP contribution in [0.15, 0.2) is 22.7 Å². The molecule has 0 spiro atoms. The first-order valence-electron chi connectivity index (χ1n) is 6.82. The SMILES string of the molecule is COc1cc(C(=O)N2CCC(N(C)C)CC2)ccc1Br. The maximum absolute atomic E-state index is 12.5. The molecule has 0 radical (unpaired) electrons. The summed E-state index contributed by atoms with van der Waals surface area (Å²) in [7, 11) is 5.81. The van der Waals surface area contributed by atoms with E-state index in [2.05, 4.69) is 34.9 Å². The fraction of sp³-hybridized carbons (Fsp3) is 0.533. The van der Waals surface area contributed by atoms with Crippen LogP contribution in [0.4, 0.5) is 0 Å². The molecule has 2 rings (SSSR count). The van der Waals surface area contributed by atoms with E-state index in [0.29, 0.717) is 17.4 Å². The maximum Gasteiger partial charge on any atom is 0.253 e. The zero-order chi connectivity index (χ0) is 14.7. The topological polar surface area (TPSA) is 32.8 Å². The molecule has 0 aliphatic carbocycles. The van der Waals surface area contributed by atoms with Crippen LogP contribution in [0.5, 0.6) is 5.75 Å². The van der Waals surface area contributed by atoms with Crippen LogP contribution < -0.4 is 4.74 Å². The molecule has 110 valence electrons. The molecule has 1 fully saturated rings. The van der Waals surface area contributed by atoms with Crippen LogP contribution in [0, 0.1) is 0 Å². The Balaban J connectivity index is 2.05. The Morgan fingerprint density at radius 2 is 2.00 bits per heavy atom. The molecule has 5 heteroatoms. The van der Waals surface area contributed by atoms with Gasteiger partial charge in [0.05, 0.1) is 11.6 Å². The molecular weight excluding hydrogens is 320 g/mol. The van der Waals surface area contributed by atoms with Crippen molar-refractivity contribution in [3.63, 3.8) is 0 Å². The third-order valence-corrected chi connectivity index (χ3v) is 4.54. The summed E-state index contributed by atoms with van der Waals surface area (Å²) < 4.78 is 6.11. The van der Waals surface area contributed by atoms with Crippen LogP contribution in [-0.4, -0.2) is 56.0 Å². The van der Waals surface area contributed by atoms with E-state index in [1.165, 1.54) is 0 Å². The molecule has 1 amide bonds. The van der Waals surface area contributed by atoms with E-state index in [9.17, 15) is 4.79 Å². The standard InChI is InChI=1S/C15H21BrN2O2/c1-17(2)12-6-8-18(9-7-12)15(19)11-4-5-13(16)14(10-11)20-3/h4-5,10,12H,6-9H2,1-3H3. The largest absolute Gasteiger partial charge is 0.496 e. The molecule has 0 unspecified atom stereocenters. The number of piperidine rings is 1. The van der Waals surface area contributed by atoms with Gasteiger partial charge in [-0.2, -0.15) is 0 Å². The normalized spacial score (nSPS) is 16.6. The van der Waals surface area contributed by atoms with Gasteiger partial charge in [-0.05, 0) is 61.1 Å². The van der Waals surface area contributed by atoms with Crippen LogP contribution in [-0.2, 0) is 0 Å². The number of carbonyl (C=O) groups excluding carboxylic acids is 1. The van der Waals surface area contributed by atoms with E-state index in [1.54, 1.807) is 13.2 Å². The van der Waals surface area contributed by atoms with E-state index in [4.69, 9.17) is 4.74 Å². The predicted octanol–water partition coefficient (Wildman–Crippen LogP) is 2.62. The number of rotatable bonds is 3. The third-order valence-electron chi connectivity index (χ3n) is 3.88. The van der Waals surface area contributed by atoms with Crippen LogP contribution >= 0.6 is 15.9 Å². The summed E-state index contributed by atoms with van der Waals surface area (Å²) in [6.45, 7) is 1.64. The van der Waals surface area contributed by atoms with Gasteiger partial charge in [0.2, 0.25) is 0 Å². The molecule has 4 nitrogen and oxygen atoms in total. The summed E-state index contributed by atoms with van der Waals surface area (Å²) >= 11 is 3.40. The van der Waals surface area contributed by atoms with Crippen molar-refractivity contribution in [2.75, 3.05) is 34.3 Å². The summed E-state index contributed by atoms with van der Waals surface area (Å²) in [5, 5.41) is 0. The molecular formula is C15H21BrN2O2. The number of amides is 1. The number of carbonyl (C=O) groups is 1. The van der Waals surface area contributed by atoms with Gasteiger partial charge in [0.1, 0.15) is 5.75 Å². The Morgan fingerprint density at radius 1 is 1.35 bits per heavy atom. The second-order valence-corrected chi connectivity index (χ2v) is 6.19. The zero-order valence-corrected chi connectivity index (χ0v) is 13.8.